The molecule has 1 aromatic carbocycles. The second kappa shape index (κ2) is 10.6. The fourth-order valence-electron chi connectivity index (χ4n) is 3.21. The standard InChI is InChI=1S/C21H29N5O3S/c1-14(11-27)22-21(28)24-17-6-4-16(5-7-17)20-23-18(13-30-3)10-19(25-20)26-8-9-29-12-15(26)2/h4-7,10,14-15,27H,8-9,11-13H2,1-3H3,(H2,22,24,28)/p+1/t14?,15-/m0/s1. The van der Waals surface area contributed by atoms with Crippen molar-refractivity contribution in [1.82, 2.24) is 15.3 Å². The van der Waals surface area contributed by atoms with Crippen molar-refractivity contribution < 1.29 is 14.6 Å². The first-order chi connectivity index (χ1) is 14.5. The van der Waals surface area contributed by atoms with Crippen LogP contribution in [0.2, 0.25) is 0 Å². The second-order valence-electron chi connectivity index (χ2n) is 7.39. The fraction of sp³-hybridized carbons (Fsp3) is 0.476. The van der Waals surface area contributed by atoms with Crippen molar-refractivity contribution in [2.24, 2.45) is 0 Å². The molecule has 1 aliphatic rings. The van der Waals surface area contributed by atoms with Gasteiger partial charge in [-0.05, 0) is 49.9 Å². The van der Waals surface area contributed by atoms with Crippen molar-refractivity contribution in [2.45, 2.75) is 31.7 Å². The largest absolute Gasteiger partial charge is 0.394 e. The zero-order chi connectivity index (χ0) is 21.5. The van der Waals surface area contributed by atoms with Gasteiger partial charge in [0, 0.05) is 23.9 Å². The lowest BCUT2D eigenvalue weighted by Gasteiger charge is -2.34. The van der Waals surface area contributed by atoms with E-state index in [2.05, 4.69) is 34.8 Å². The Bertz CT molecular complexity index is 849. The number of carbonyl (C=O) groups excluding carboxylic acids is 1. The summed E-state index contributed by atoms with van der Waals surface area (Å²) in [5.41, 5.74) is 2.56. The van der Waals surface area contributed by atoms with Gasteiger partial charge in [-0.3, -0.25) is 0 Å². The molecular formula is C21H30N5O3S+. The monoisotopic (exact) mass is 432 g/mol. The van der Waals surface area contributed by atoms with Gasteiger partial charge in [0.2, 0.25) is 0 Å². The Labute approximate surface area is 181 Å². The molecule has 1 fully saturated rings. The van der Waals surface area contributed by atoms with Crippen molar-refractivity contribution in [3.63, 3.8) is 0 Å². The maximum atomic E-state index is 11.9. The molecule has 0 bridgehead atoms. The Kier molecular flexibility index (Phi) is 7.89. The molecule has 0 radical (unpaired) electrons. The van der Waals surface area contributed by atoms with E-state index in [0.29, 0.717) is 24.7 Å². The number of aromatic nitrogens is 2. The van der Waals surface area contributed by atoms with Crippen LogP contribution >= 0.6 is 0 Å². The molecule has 0 aliphatic carbocycles. The van der Waals surface area contributed by atoms with E-state index < -0.39 is 0 Å². The summed E-state index contributed by atoms with van der Waals surface area (Å²) >= 11 is 1.25. The lowest BCUT2D eigenvalue weighted by molar-refractivity contribution is 0.0985. The summed E-state index contributed by atoms with van der Waals surface area (Å²) in [4.78, 5) is 23.8. The van der Waals surface area contributed by atoms with Crippen LogP contribution < -0.4 is 15.5 Å². The molecular weight excluding hydrogens is 402 g/mol. The van der Waals surface area contributed by atoms with Gasteiger partial charge in [0.25, 0.3) is 0 Å². The molecule has 2 aromatic rings. The molecule has 9 heteroatoms. The van der Waals surface area contributed by atoms with E-state index in [1.807, 2.05) is 24.3 Å². The molecule has 3 N–H and O–H groups in total. The number of carbonyl (C=O) groups is 1. The van der Waals surface area contributed by atoms with Gasteiger partial charge in [-0.25, -0.2) is 14.8 Å². The SMILES string of the molecule is C[SH+]Cc1cc(N2CCOC[C@@H]2C)nc(-c2ccc(NC(=O)NC(C)CO)cc2)n1. The molecule has 1 aliphatic heterocycles. The van der Waals surface area contributed by atoms with Crippen LogP contribution in [-0.4, -0.2) is 65.8 Å². The number of benzene rings is 1. The van der Waals surface area contributed by atoms with E-state index in [9.17, 15) is 4.79 Å². The van der Waals surface area contributed by atoms with Crippen molar-refractivity contribution in [3.05, 3.63) is 36.0 Å². The lowest BCUT2D eigenvalue weighted by Crippen LogP contribution is -2.44. The summed E-state index contributed by atoms with van der Waals surface area (Å²) < 4.78 is 5.56. The Morgan fingerprint density at radius 2 is 2.13 bits per heavy atom. The van der Waals surface area contributed by atoms with Gasteiger partial charge in [-0.1, -0.05) is 0 Å². The molecule has 2 amide bonds. The first kappa shape index (κ1) is 22.3. The molecule has 8 nitrogen and oxygen atoms in total. The zero-order valence-electron chi connectivity index (χ0n) is 17.6. The third kappa shape index (κ3) is 5.84. The van der Waals surface area contributed by atoms with Crippen molar-refractivity contribution >= 4 is 29.3 Å². The van der Waals surface area contributed by atoms with Crippen LogP contribution in [0.3, 0.4) is 0 Å². The predicted molar refractivity (Wildman–Crippen MR) is 122 cm³/mol. The van der Waals surface area contributed by atoms with Crippen LogP contribution in [0.4, 0.5) is 16.3 Å². The van der Waals surface area contributed by atoms with Gasteiger partial charge in [-0.15, -0.1) is 0 Å². The number of aliphatic hydroxyl groups excluding tert-OH is 1. The van der Waals surface area contributed by atoms with Gasteiger partial charge >= 0.3 is 6.03 Å². The molecule has 162 valence electrons. The molecule has 1 unspecified atom stereocenters. The van der Waals surface area contributed by atoms with Gasteiger partial charge in [0.05, 0.1) is 43.9 Å². The Balaban J connectivity index is 1.81. The van der Waals surface area contributed by atoms with E-state index in [4.69, 9.17) is 19.8 Å². The van der Waals surface area contributed by atoms with Gasteiger partial charge in [0.15, 0.2) is 5.82 Å². The van der Waals surface area contributed by atoms with Crippen LogP contribution in [0.1, 0.15) is 19.5 Å². The number of anilines is 2. The Hall–Kier alpha value is -2.36. The second-order valence-corrected chi connectivity index (χ2v) is 8.34. The number of urea groups is 1. The third-order valence-corrected chi connectivity index (χ3v) is 5.44. The highest BCUT2D eigenvalue weighted by Crippen LogP contribution is 2.24. The number of rotatable bonds is 7. The summed E-state index contributed by atoms with van der Waals surface area (Å²) in [6, 6.07) is 9.13. The van der Waals surface area contributed by atoms with E-state index in [1.54, 1.807) is 6.92 Å². The maximum absolute atomic E-state index is 11.9. The van der Waals surface area contributed by atoms with Crippen molar-refractivity contribution in [1.29, 1.82) is 0 Å². The zero-order valence-corrected chi connectivity index (χ0v) is 18.5. The van der Waals surface area contributed by atoms with Crippen LogP contribution in [0.15, 0.2) is 30.3 Å². The number of ether oxygens (including phenoxy) is 1. The normalized spacial score (nSPS) is 17.5. The first-order valence-corrected chi connectivity index (χ1v) is 11.6. The molecule has 2 atom stereocenters. The first-order valence-electron chi connectivity index (χ1n) is 10.1. The smallest absolute Gasteiger partial charge is 0.319 e. The highest BCUT2D eigenvalue weighted by molar-refractivity contribution is 7.76. The van der Waals surface area contributed by atoms with Crippen LogP contribution in [0, 0.1) is 0 Å². The minimum atomic E-state index is -0.354. The van der Waals surface area contributed by atoms with Crippen LogP contribution in [-0.2, 0) is 22.3 Å². The summed E-state index contributed by atoms with van der Waals surface area (Å²) in [5.74, 6) is 2.47. The van der Waals surface area contributed by atoms with E-state index in [-0.39, 0.29) is 24.7 Å². The summed E-state index contributed by atoms with van der Waals surface area (Å²) in [6.07, 6.45) is 2.11. The quantitative estimate of drug-likeness (QED) is 0.456. The highest BCUT2D eigenvalue weighted by Gasteiger charge is 2.22. The minimum absolute atomic E-state index is 0.110. The van der Waals surface area contributed by atoms with E-state index in [0.717, 1.165) is 29.4 Å². The maximum Gasteiger partial charge on any atom is 0.319 e. The Morgan fingerprint density at radius 3 is 2.80 bits per heavy atom. The van der Waals surface area contributed by atoms with E-state index >= 15 is 0 Å². The topological polar surface area (TPSA) is 99.6 Å². The number of aliphatic hydroxyl groups is 1. The van der Waals surface area contributed by atoms with Crippen molar-refractivity contribution in [3.8, 4) is 11.4 Å². The van der Waals surface area contributed by atoms with Crippen LogP contribution in [0.25, 0.3) is 11.4 Å². The predicted octanol–water partition coefficient (Wildman–Crippen LogP) is 1.82. The Morgan fingerprint density at radius 1 is 1.37 bits per heavy atom. The number of hydrogen-bond acceptors (Lipinski definition) is 6. The minimum Gasteiger partial charge on any atom is -0.394 e. The molecule has 1 aromatic heterocycles. The number of nitrogens with zero attached hydrogens (tertiary/aromatic N) is 3. The highest BCUT2D eigenvalue weighted by atomic mass is 32.2. The van der Waals surface area contributed by atoms with Crippen molar-refractivity contribution in [2.75, 3.05) is 42.8 Å². The molecule has 3 rings (SSSR count). The average molecular weight is 433 g/mol. The number of thiol groups is 1. The third-order valence-electron chi connectivity index (χ3n) is 4.80. The number of amides is 2. The molecule has 2 heterocycles. The number of morpholine rings is 1. The van der Waals surface area contributed by atoms with Gasteiger partial charge < -0.3 is 25.4 Å². The number of nitrogens with one attached hydrogen (secondary N) is 2. The van der Waals surface area contributed by atoms with Gasteiger partial charge in [0.1, 0.15) is 11.6 Å². The lowest BCUT2D eigenvalue weighted by atomic mass is 10.2. The average Bonchev–Trinajstić information content (AvgIpc) is 2.74. The number of hydrogen-bond donors (Lipinski definition) is 3. The van der Waals surface area contributed by atoms with Gasteiger partial charge in [-0.2, -0.15) is 0 Å². The molecule has 0 spiro atoms. The molecule has 0 saturated carbocycles. The van der Waals surface area contributed by atoms with Crippen LogP contribution in [0.5, 0.6) is 0 Å². The summed E-state index contributed by atoms with van der Waals surface area (Å²) in [6.45, 7) is 5.96. The molecule has 1 saturated heterocycles. The summed E-state index contributed by atoms with van der Waals surface area (Å²) in [5, 5.41) is 14.5. The molecule has 30 heavy (non-hydrogen) atoms. The fourth-order valence-corrected chi connectivity index (χ4v) is 3.70. The van der Waals surface area contributed by atoms with E-state index in [1.165, 1.54) is 11.8 Å². The summed E-state index contributed by atoms with van der Waals surface area (Å²) in [7, 11) is 0.